The molecule has 24 heavy (non-hydrogen) atoms. The topological polar surface area (TPSA) is 171 Å². The highest BCUT2D eigenvalue weighted by Gasteiger charge is 2.47. The first kappa shape index (κ1) is 15.3. The smallest absolute Gasteiger partial charge is 0.318 e. The van der Waals surface area contributed by atoms with Gasteiger partial charge in [0.05, 0.1) is 16.2 Å². The summed E-state index contributed by atoms with van der Waals surface area (Å²) in [4.78, 5) is 9.73. The summed E-state index contributed by atoms with van der Waals surface area (Å²) >= 11 is 0. The van der Waals surface area contributed by atoms with Gasteiger partial charge in [-0.2, -0.15) is 4.90 Å². The van der Waals surface area contributed by atoms with E-state index in [1.807, 2.05) is 0 Å². The van der Waals surface area contributed by atoms with Crippen molar-refractivity contribution in [1.82, 2.24) is 5.16 Å². The zero-order valence-electron chi connectivity index (χ0n) is 12.2. The van der Waals surface area contributed by atoms with Gasteiger partial charge in [-0.1, -0.05) is 17.7 Å². The van der Waals surface area contributed by atoms with Crippen LogP contribution in [0.4, 0.5) is 5.69 Å². The van der Waals surface area contributed by atoms with E-state index in [0.29, 0.717) is 0 Å². The normalized spacial score (nSPS) is 16.5. The summed E-state index contributed by atoms with van der Waals surface area (Å²) in [5.41, 5.74) is 5.19. The lowest BCUT2D eigenvalue weighted by molar-refractivity contribution is -0.808. The van der Waals surface area contributed by atoms with Crippen LogP contribution in [0.1, 0.15) is 28.4 Å². The summed E-state index contributed by atoms with van der Waals surface area (Å²) in [5.74, 6) is -1.23. The third-order valence-corrected chi connectivity index (χ3v) is 3.70. The first-order valence-electron chi connectivity index (χ1n) is 6.64. The number of nitrogens with two attached hydrogens (primary N) is 1. The Labute approximate surface area is 133 Å². The van der Waals surface area contributed by atoms with E-state index in [-0.39, 0.29) is 27.5 Å². The Kier molecular flexibility index (Phi) is 3.32. The minimum absolute atomic E-state index is 0.0677. The molecule has 0 saturated carbocycles. The van der Waals surface area contributed by atoms with Gasteiger partial charge in [-0.3, -0.25) is 14.7 Å². The summed E-state index contributed by atoms with van der Waals surface area (Å²) in [6.07, 6.45) is 0.775. The number of benzene rings is 1. The number of allylic oxidation sites excluding steroid dienone is 2. The number of anilines is 1. The molecule has 0 fully saturated rings. The molecule has 0 saturated heterocycles. The van der Waals surface area contributed by atoms with Gasteiger partial charge in [0.2, 0.25) is 5.69 Å². The summed E-state index contributed by atoms with van der Waals surface area (Å²) in [6, 6.07) is 4.81. The maximum Gasteiger partial charge on any atom is 0.318 e. The Balaban J connectivity index is 2.36. The van der Waals surface area contributed by atoms with E-state index in [4.69, 9.17) is 5.73 Å². The number of aryl methyl sites for hydroxylation is 1. The van der Waals surface area contributed by atoms with Gasteiger partial charge >= 0.3 is 5.69 Å². The minimum atomic E-state index is -1.23. The fourth-order valence-corrected chi connectivity index (χ4v) is 2.66. The molecular formula is C13H10N5O6-. The highest BCUT2D eigenvalue weighted by Crippen LogP contribution is 2.38. The lowest BCUT2D eigenvalue weighted by Gasteiger charge is -2.18. The van der Waals surface area contributed by atoms with Crippen LogP contribution in [0.3, 0.4) is 0 Å². The zero-order valence-corrected chi connectivity index (χ0v) is 12.2. The summed E-state index contributed by atoms with van der Waals surface area (Å²) < 4.78 is 4.44. The number of nitrogen functional groups attached to an aromatic ring is 1. The third kappa shape index (κ3) is 2.18. The molecule has 2 N–H and O–H groups in total. The van der Waals surface area contributed by atoms with E-state index in [9.17, 15) is 25.7 Å². The molecule has 124 valence electrons. The Morgan fingerprint density at radius 1 is 1.33 bits per heavy atom. The molecule has 1 heterocycles. The van der Waals surface area contributed by atoms with Gasteiger partial charge in [0.15, 0.2) is 0 Å². The summed E-state index contributed by atoms with van der Waals surface area (Å²) in [5, 5.41) is 49.0. The molecule has 1 atom stereocenters. The Bertz CT molecular complexity index is 912. The van der Waals surface area contributed by atoms with E-state index in [2.05, 4.69) is 9.79 Å². The fourth-order valence-electron chi connectivity index (χ4n) is 2.66. The number of rotatable bonds is 2. The number of aromatic nitrogens is 2. The maximum atomic E-state index is 11.9. The zero-order chi connectivity index (χ0) is 17.6. The van der Waals surface area contributed by atoms with E-state index in [0.717, 1.165) is 11.6 Å². The van der Waals surface area contributed by atoms with E-state index < -0.39 is 27.2 Å². The highest BCUT2D eigenvalue weighted by molar-refractivity contribution is 6.06. The predicted molar refractivity (Wildman–Crippen MR) is 79.1 cm³/mol. The van der Waals surface area contributed by atoms with Crippen molar-refractivity contribution in [2.24, 2.45) is 0 Å². The molecule has 1 aromatic heterocycles. The molecule has 0 radical (unpaired) electrons. The van der Waals surface area contributed by atoms with Crippen LogP contribution in [0.15, 0.2) is 34.6 Å². The van der Waals surface area contributed by atoms with Crippen LogP contribution in [0.5, 0.6) is 0 Å². The molecule has 1 aromatic carbocycles. The second-order valence-corrected chi connectivity index (χ2v) is 5.20. The van der Waals surface area contributed by atoms with Gasteiger partial charge in [-0.25, -0.2) is 0 Å². The van der Waals surface area contributed by atoms with Crippen LogP contribution in [-0.4, -0.2) is 20.7 Å². The third-order valence-electron chi connectivity index (χ3n) is 3.70. The lowest BCUT2D eigenvalue weighted by atomic mass is 9.84. The molecule has 0 bridgehead atoms. The second-order valence-electron chi connectivity index (χ2n) is 5.20. The molecule has 0 amide bonds. The van der Waals surface area contributed by atoms with Crippen molar-refractivity contribution in [2.75, 3.05) is 5.73 Å². The molecule has 1 aliphatic rings. The monoisotopic (exact) mass is 332 g/mol. The largest absolute Gasteiger partial charge is 0.612 e. The van der Waals surface area contributed by atoms with E-state index in [1.54, 1.807) is 19.1 Å². The Hall–Kier alpha value is -3.63. The van der Waals surface area contributed by atoms with Crippen LogP contribution >= 0.6 is 0 Å². The van der Waals surface area contributed by atoms with Crippen LogP contribution in [0, 0.1) is 32.7 Å². The van der Waals surface area contributed by atoms with E-state index in [1.165, 1.54) is 6.07 Å². The van der Waals surface area contributed by atoms with Gasteiger partial charge in [0, 0.05) is 5.69 Å². The van der Waals surface area contributed by atoms with Crippen LogP contribution < -0.4 is 10.6 Å². The quantitative estimate of drug-likeness (QED) is 0.354. The van der Waals surface area contributed by atoms with Crippen LogP contribution in [-0.2, 0) is 0 Å². The second kappa shape index (κ2) is 5.22. The van der Waals surface area contributed by atoms with Crippen molar-refractivity contribution in [3.05, 3.63) is 78.2 Å². The van der Waals surface area contributed by atoms with Crippen molar-refractivity contribution < 1.29 is 19.4 Å². The number of hydrogen-bond acceptors (Lipinski definition) is 8. The minimum Gasteiger partial charge on any atom is -0.612 e. The van der Waals surface area contributed by atoms with Gasteiger partial charge in [0.25, 0.3) is 11.4 Å². The highest BCUT2D eigenvalue weighted by atomic mass is 16.8. The molecule has 1 aliphatic carbocycles. The number of nitrogens with zero attached hydrogens (tertiary/aromatic N) is 4. The molecule has 1 unspecified atom stereocenters. The molecule has 11 nitrogen and oxygen atoms in total. The van der Waals surface area contributed by atoms with Crippen molar-refractivity contribution in [3.63, 3.8) is 0 Å². The number of hydrogen-bond donors (Lipinski definition) is 1. The Morgan fingerprint density at radius 2 is 2.04 bits per heavy atom. The number of nitro groups is 1. The average Bonchev–Trinajstić information content (AvgIpc) is 2.90. The van der Waals surface area contributed by atoms with Gasteiger partial charge in [-0.15, -0.1) is 0 Å². The molecule has 3 rings (SSSR count). The van der Waals surface area contributed by atoms with Crippen LogP contribution in [0.2, 0.25) is 0 Å². The van der Waals surface area contributed by atoms with E-state index >= 15 is 0 Å². The Morgan fingerprint density at radius 3 is 2.67 bits per heavy atom. The molecule has 0 aliphatic heterocycles. The summed E-state index contributed by atoms with van der Waals surface area (Å²) in [7, 11) is 0. The van der Waals surface area contributed by atoms with Gasteiger partial charge in [-0.05, 0) is 23.5 Å². The lowest BCUT2D eigenvalue weighted by Crippen LogP contribution is -2.36. The van der Waals surface area contributed by atoms with Gasteiger partial charge in [0.1, 0.15) is 5.92 Å². The van der Waals surface area contributed by atoms with Crippen molar-refractivity contribution in [3.8, 4) is 0 Å². The standard InChI is InChI=1S/C13H10N5O6/c1-6-2-3-8(14)7(4-6)11-9(16(19)20)5-10(17(21)22)12-13(11)18(23)24-15-12/h2-5,11H,14H2,1H3/q-1. The van der Waals surface area contributed by atoms with Crippen molar-refractivity contribution in [2.45, 2.75) is 12.8 Å². The van der Waals surface area contributed by atoms with Gasteiger partial charge < -0.3 is 21.4 Å². The molecule has 11 heteroatoms. The summed E-state index contributed by atoms with van der Waals surface area (Å²) in [6.45, 7) is 1.75. The first-order chi connectivity index (χ1) is 11.3. The maximum absolute atomic E-state index is 11.9. The number of fused-ring (bicyclic) bond motifs is 1. The fraction of sp³-hybridized carbons (Fsp3) is 0.154. The molecule has 0 spiro atoms. The van der Waals surface area contributed by atoms with Crippen LogP contribution in [0.25, 0.3) is 0 Å². The first-order valence-corrected chi connectivity index (χ1v) is 6.64. The van der Waals surface area contributed by atoms with Crippen molar-refractivity contribution >= 4 is 11.4 Å². The average molecular weight is 332 g/mol. The molecule has 2 aromatic rings. The molecular weight excluding hydrogens is 322 g/mol. The van der Waals surface area contributed by atoms with Crippen molar-refractivity contribution in [1.29, 1.82) is 0 Å². The predicted octanol–water partition coefficient (Wildman–Crippen LogP) is 0.302. The SMILES string of the molecule is Cc1ccc(N)c(C2C([N+](=O)[O-])=CC(=[N+]([O-])[O-])c3no[n+]([O-])c32)c1.